The van der Waals surface area contributed by atoms with Crippen molar-refractivity contribution in [3.05, 3.63) is 53.3 Å². The highest BCUT2D eigenvalue weighted by molar-refractivity contribution is 5.92. The van der Waals surface area contributed by atoms with Crippen LogP contribution in [0, 0.1) is 13.8 Å². The Labute approximate surface area is 124 Å². The van der Waals surface area contributed by atoms with Gasteiger partial charge in [0.2, 0.25) is 0 Å². The van der Waals surface area contributed by atoms with E-state index in [1.807, 2.05) is 6.07 Å². The summed E-state index contributed by atoms with van der Waals surface area (Å²) in [6, 6.07) is 10.3. The molecule has 0 saturated heterocycles. The number of pyridine rings is 1. The molecule has 0 aliphatic heterocycles. The zero-order chi connectivity index (χ0) is 14.8. The third-order valence-corrected chi connectivity index (χ3v) is 3.42. The Bertz CT molecular complexity index is 640. The van der Waals surface area contributed by atoms with Gasteiger partial charge in [0.1, 0.15) is 5.69 Å². The van der Waals surface area contributed by atoms with Gasteiger partial charge in [-0.2, -0.15) is 0 Å². The van der Waals surface area contributed by atoms with Crippen LogP contribution in [0.2, 0.25) is 0 Å². The number of amides is 1. The summed E-state index contributed by atoms with van der Waals surface area (Å²) in [5.74, 6) is -0.0875. The average Bonchev–Trinajstić information content (AvgIpc) is 3.22. The van der Waals surface area contributed by atoms with Gasteiger partial charge >= 0.3 is 0 Å². The minimum Gasteiger partial charge on any atom is -0.354 e. The van der Waals surface area contributed by atoms with E-state index in [1.165, 1.54) is 11.1 Å². The summed E-state index contributed by atoms with van der Waals surface area (Å²) in [6.07, 6.45) is 3.86. The van der Waals surface area contributed by atoms with Crippen LogP contribution in [0.4, 0.5) is 11.4 Å². The largest absolute Gasteiger partial charge is 0.354 e. The van der Waals surface area contributed by atoms with Gasteiger partial charge in [0, 0.05) is 11.7 Å². The molecule has 1 aromatic carbocycles. The van der Waals surface area contributed by atoms with Gasteiger partial charge in [-0.05, 0) is 62.1 Å². The number of hydrogen-bond acceptors (Lipinski definition) is 3. The number of anilines is 2. The van der Waals surface area contributed by atoms with E-state index in [-0.39, 0.29) is 5.91 Å². The molecule has 1 saturated carbocycles. The maximum Gasteiger partial charge on any atom is 0.270 e. The van der Waals surface area contributed by atoms with E-state index < -0.39 is 0 Å². The lowest BCUT2D eigenvalue weighted by molar-refractivity contribution is 0.0946. The molecule has 0 atom stereocenters. The molecule has 0 radical (unpaired) electrons. The van der Waals surface area contributed by atoms with Crippen LogP contribution in [-0.4, -0.2) is 16.9 Å². The molecular formula is C17H19N3O. The maximum absolute atomic E-state index is 11.9. The molecule has 0 spiro atoms. The van der Waals surface area contributed by atoms with Gasteiger partial charge in [-0.3, -0.25) is 4.79 Å². The number of rotatable bonds is 4. The Kier molecular flexibility index (Phi) is 3.60. The smallest absolute Gasteiger partial charge is 0.270 e. The SMILES string of the molecule is Cc1cc(C)cc(Nc2ccc(C(=O)NC3CC3)nc2)c1. The van der Waals surface area contributed by atoms with Crippen molar-refractivity contribution in [3.8, 4) is 0 Å². The van der Waals surface area contributed by atoms with Crippen molar-refractivity contribution in [2.45, 2.75) is 32.7 Å². The highest BCUT2D eigenvalue weighted by atomic mass is 16.2. The van der Waals surface area contributed by atoms with Gasteiger partial charge in [-0.1, -0.05) is 6.07 Å². The molecule has 21 heavy (non-hydrogen) atoms. The van der Waals surface area contributed by atoms with Crippen molar-refractivity contribution >= 4 is 17.3 Å². The van der Waals surface area contributed by atoms with Crippen molar-refractivity contribution in [2.24, 2.45) is 0 Å². The first-order chi connectivity index (χ1) is 10.1. The standard InChI is InChI=1S/C17H19N3O/c1-11-7-12(2)9-15(8-11)19-14-5-6-16(18-10-14)17(21)20-13-3-4-13/h5-10,13,19H,3-4H2,1-2H3,(H,20,21). The normalized spacial score (nSPS) is 13.8. The second-order valence-corrected chi connectivity index (χ2v) is 5.68. The van der Waals surface area contributed by atoms with Crippen LogP contribution in [0.1, 0.15) is 34.5 Å². The molecule has 1 fully saturated rings. The van der Waals surface area contributed by atoms with Gasteiger partial charge in [0.25, 0.3) is 5.91 Å². The van der Waals surface area contributed by atoms with E-state index in [0.29, 0.717) is 11.7 Å². The lowest BCUT2D eigenvalue weighted by atomic mass is 10.1. The Morgan fingerprint density at radius 1 is 1.10 bits per heavy atom. The van der Waals surface area contributed by atoms with Crippen molar-refractivity contribution in [3.63, 3.8) is 0 Å². The minimum absolute atomic E-state index is 0.0875. The molecule has 1 amide bonds. The first-order valence-corrected chi connectivity index (χ1v) is 7.22. The molecule has 4 nitrogen and oxygen atoms in total. The second kappa shape index (κ2) is 5.56. The molecule has 2 N–H and O–H groups in total. The van der Waals surface area contributed by atoms with E-state index in [2.05, 4.69) is 47.7 Å². The summed E-state index contributed by atoms with van der Waals surface area (Å²) < 4.78 is 0. The highest BCUT2D eigenvalue weighted by Gasteiger charge is 2.24. The van der Waals surface area contributed by atoms with Crippen LogP contribution in [-0.2, 0) is 0 Å². The zero-order valence-corrected chi connectivity index (χ0v) is 12.3. The Balaban J connectivity index is 1.69. The van der Waals surface area contributed by atoms with E-state index in [1.54, 1.807) is 12.3 Å². The minimum atomic E-state index is -0.0875. The summed E-state index contributed by atoms with van der Waals surface area (Å²) in [5, 5.41) is 6.24. The van der Waals surface area contributed by atoms with Crippen LogP contribution < -0.4 is 10.6 Å². The van der Waals surface area contributed by atoms with E-state index in [0.717, 1.165) is 24.2 Å². The average molecular weight is 281 g/mol. The van der Waals surface area contributed by atoms with Crippen LogP contribution >= 0.6 is 0 Å². The molecule has 4 heteroatoms. The van der Waals surface area contributed by atoms with Gasteiger partial charge in [-0.25, -0.2) is 4.98 Å². The van der Waals surface area contributed by atoms with E-state index in [4.69, 9.17) is 0 Å². The monoisotopic (exact) mass is 281 g/mol. The second-order valence-electron chi connectivity index (χ2n) is 5.68. The Morgan fingerprint density at radius 3 is 2.38 bits per heavy atom. The number of carbonyl (C=O) groups is 1. The quantitative estimate of drug-likeness (QED) is 0.903. The lowest BCUT2D eigenvalue weighted by Gasteiger charge is -2.09. The molecule has 1 aliphatic rings. The van der Waals surface area contributed by atoms with Gasteiger partial charge in [0.05, 0.1) is 11.9 Å². The first-order valence-electron chi connectivity index (χ1n) is 7.22. The van der Waals surface area contributed by atoms with Gasteiger partial charge < -0.3 is 10.6 Å². The fraction of sp³-hybridized carbons (Fsp3) is 0.294. The lowest BCUT2D eigenvalue weighted by Crippen LogP contribution is -2.26. The predicted octanol–water partition coefficient (Wildman–Crippen LogP) is 3.33. The Morgan fingerprint density at radius 2 is 1.81 bits per heavy atom. The van der Waals surface area contributed by atoms with E-state index in [9.17, 15) is 4.79 Å². The summed E-state index contributed by atoms with van der Waals surface area (Å²) in [7, 11) is 0. The highest BCUT2D eigenvalue weighted by Crippen LogP contribution is 2.20. The molecule has 1 heterocycles. The predicted molar refractivity (Wildman–Crippen MR) is 83.9 cm³/mol. The molecule has 3 rings (SSSR count). The summed E-state index contributed by atoms with van der Waals surface area (Å²) in [6.45, 7) is 4.14. The topological polar surface area (TPSA) is 54.0 Å². The number of carbonyl (C=O) groups excluding carboxylic acids is 1. The number of aromatic nitrogens is 1. The molecule has 2 aromatic rings. The van der Waals surface area contributed by atoms with Crippen molar-refractivity contribution < 1.29 is 4.79 Å². The molecule has 1 aromatic heterocycles. The van der Waals surface area contributed by atoms with Crippen LogP contribution in [0.3, 0.4) is 0 Å². The number of nitrogens with one attached hydrogen (secondary N) is 2. The fourth-order valence-electron chi connectivity index (χ4n) is 2.30. The number of hydrogen-bond donors (Lipinski definition) is 2. The number of nitrogens with zero attached hydrogens (tertiary/aromatic N) is 1. The van der Waals surface area contributed by atoms with Crippen LogP contribution in [0.5, 0.6) is 0 Å². The summed E-state index contributed by atoms with van der Waals surface area (Å²) >= 11 is 0. The first kappa shape index (κ1) is 13.6. The summed E-state index contributed by atoms with van der Waals surface area (Å²) in [5.41, 5.74) is 4.80. The van der Waals surface area contributed by atoms with E-state index >= 15 is 0 Å². The summed E-state index contributed by atoms with van der Waals surface area (Å²) in [4.78, 5) is 16.1. The Hall–Kier alpha value is -2.36. The molecule has 0 bridgehead atoms. The van der Waals surface area contributed by atoms with Crippen LogP contribution in [0.25, 0.3) is 0 Å². The zero-order valence-electron chi connectivity index (χ0n) is 12.3. The molecule has 0 unspecified atom stereocenters. The van der Waals surface area contributed by atoms with Gasteiger partial charge in [-0.15, -0.1) is 0 Å². The molecule has 108 valence electrons. The van der Waals surface area contributed by atoms with Crippen molar-refractivity contribution in [2.75, 3.05) is 5.32 Å². The van der Waals surface area contributed by atoms with Crippen molar-refractivity contribution in [1.29, 1.82) is 0 Å². The molecule has 1 aliphatic carbocycles. The third-order valence-electron chi connectivity index (χ3n) is 3.42. The van der Waals surface area contributed by atoms with Crippen molar-refractivity contribution in [1.82, 2.24) is 10.3 Å². The van der Waals surface area contributed by atoms with Gasteiger partial charge in [0.15, 0.2) is 0 Å². The van der Waals surface area contributed by atoms with Crippen LogP contribution in [0.15, 0.2) is 36.5 Å². The molecular weight excluding hydrogens is 262 g/mol. The fourth-order valence-corrected chi connectivity index (χ4v) is 2.30. The maximum atomic E-state index is 11.9. The third kappa shape index (κ3) is 3.60. The number of benzene rings is 1. The number of aryl methyl sites for hydroxylation is 2.